The zero-order valence-corrected chi connectivity index (χ0v) is 18.5. The summed E-state index contributed by atoms with van der Waals surface area (Å²) in [7, 11) is 4.03. The SMILES string of the molecule is CN(C)Cc1ccc(Oc2cccc(-c3c(O)c4c(Cl)cc(Cl)cc4[nH]c3=O)c2)cc1. The molecular weight excluding hydrogens is 435 g/mol. The number of H-pyrrole nitrogens is 1. The summed E-state index contributed by atoms with van der Waals surface area (Å²) in [4.78, 5) is 17.6. The van der Waals surface area contributed by atoms with E-state index in [0.29, 0.717) is 33.0 Å². The summed E-state index contributed by atoms with van der Waals surface area (Å²) >= 11 is 12.3. The van der Waals surface area contributed by atoms with Crippen molar-refractivity contribution in [1.29, 1.82) is 0 Å². The first kappa shape index (κ1) is 21.2. The van der Waals surface area contributed by atoms with E-state index in [0.717, 1.165) is 6.54 Å². The molecule has 4 rings (SSSR count). The van der Waals surface area contributed by atoms with Gasteiger partial charge in [0.15, 0.2) is 0 Å². The fraction of sp³-hybridized carbons (Fsp3) is 0.125. The molecule has 0 radical (unpaired) electrons. The van der Waals surface area contributed by atoms with Crippen LogP contribution in [-0.2, 0) is 6.54 Å². The molecule has 31 heavy (non-hydrogen) atoms. The molecule has 1 aromatic heterocycles. The van der Waals surface area contributed by atoms with Crippen molar-refractivity contribution in [2.45, 2.75) is 6.54 Å². The van der Waals surface area contributed by atoms with E-state index < -0.39 is 5.56 Å². The largest absolute Gasteiger partial charge is 0.506 e. The number of rotatable bonds is 5. The van der Waals surface area contributed by atoms with E-state index in [1.54, 1.807) is 30.3 Å². The molecule has 7 heteroatoms. The Morgan fingerprint density at radius 2 is 1.74 bits per heavy atom. The first-order valence-electron chi connectivity index (χ1n) is 9.58. The average molecular weight is 455 g/mol. The standard InChI is InChI=1S/C24H20Cl2N2O3/c1-28(2)13-14-6-8-17(9-7-14)31-18-5-3-4-15(10-18)21-23(29)22-19(26)11-16(25)12-20(22)27-24(21)30/h3-12H,13H2,1-2H3,(H2,27,29,30). The number of aromatic amines is 1. The van der Waals surface area contributed by atoms with Crippen molar-refractivity contribution in [2.75, 3.05) is 14.1 Å². The molecule has 2 N–H and O–H groups in total. The van der Waals surface area contributed by atoms with E-state index in [1.807, 2.05) is 38.4 Å². The minimum absolute atomic E-state index is 0.114. The second kappa shape index (κ2) is 8.63. The zero-order valence-electron chi connectivity index (χ0n) is 16.9. The number of nitrogens with one attached hydrogen (secondary N) is 1. The maximum Gasteiger partial charge on any atom is 0.260 e. The Morgan fingerprint density at radius 1 is 1.00 bits per heavy atom. The van der Waals surface area contributed by atoms with Crippen LogP contribution in [0.5, 0.6) is 17.2 Å². The van der Waals surface area contributed by atoms with Crippen LogP contribution in [0.4, 0.5) is 0 Å². The lowest BCUT2D eigenvalue weighted by atomic mass is 10.0. The first-order valence-corrected chi connectivity index (χ1v) is 10.3. The fourth-order valence-corrected chi connectivity index (χ4v) is 4.06. The number of aromatic nitrogens is 1. The van der Waals surface area contributed by atoms with Gasteiger partial charge in [-0.3, -0.25) is 4.79 Å². The average Bonchev–Trinajstić information content (AvgIpc) is 2.68. The number of benzene rings is 3. The lowest BCUT2D eigenvalue weighted by Gasteiger charge is -2.12. The second-order valence-electron chi connectivity index (χ2n) is 7.50. The van der Waals surface area contributed by atoms with E-state index in [9.17, 15) is 9.90 Å². The Morgan fingerprint density at radius 3 is 2.45 bits per heavy atom. The predicted octanol–water partition coefficient (Wildman–Crippen LogP) is 6.06. The molecule has 4 aromatic rings. The Bertz CT molecular complexity index is 1320. The Labute approximate surface area is 189 Å². The van der Waals surface area contributed by atoms with Crippen molar-refractivity contribution in [3.63, 3.8) is 0 Å². The Kier molecular flexibility index (Phi) is 5.92. The molecule has 0 aliphatic heterocycles. The van der Waals surface area contributed by atoms with Crippen LogP contribution in [-0.4, -0.2) is 29.1 Å². The van der Waals surface area contributed by atoms with Crippen LogP contribution in [0.25, 0.3) is 22.0 Å². The van der Waals surface area contributed by atoms with Gasteiger partial charge in [-0.05, 0) is 61.6 Å². The third-order valence-electron chi connectivity index (χ3n) is 4.78. The van der Waals surface area contributed by atoms with Crippen LogP contribution in [0.15, 0.2) is 65.5 Å². The number of fused-ring (bicyclic) bond motifs is 1. The quantitative estimate of drug-likeness (QED) is 0.384. The maximum absolute atomic E-state index is 12.7. The fourth-order valence-electron chi connectivity index (χ4n) is 3.48. The van der Waals surface area contributed by atoms with E-state index >= 15 is 0 Å². The van der Waals surface area contributed by atoms with Gasteiger partial charge in [0.05, 0.1) is 21.5 Å². The van der Waals surface area contributed by atoms with E-state index in [2.05, 4.69) is 9.88 Å². The lowest BCUT2D eigenvalue weighted by molar-refractivity contribution is 0.402. The monoisotopic (exact) mass is 454 g/mol. The topological polar surface area (TPSA) is 65.6 Å². The Hall–Kier alpha value is -2.99. The smallest absolute Gasteiger partial charge is 0.260 e. The maximum atomic E-state index is 12.7. The number of halogens is 2. The number of hydrogen-bond acceptors (Lipinski definition) is 4. The zero-order chi connectivity index (χ0) is 22.1. The molecule has 1 heterocycles. The molecule has 0 aliphatic carbocycles. The van der Waals surface area contributed by atoms with Gasteiger partial charge in [0.25, 0.3) is 5.56 Å². The summed E-state index contributed by atoms with van der Waals surface area (Å²) in [6.45, 7) is 0.841. The van der Waals surface area contributed by atoms with Crippen LogP contribution < -0.4 is 10.3 Å². The van der Waals surface area contributed by atoms with E-state index in [1.165, 1.54) is 11.6 Å². The van der Waals surface area contributed by atoms with Crippen LogP contribution in [0.3, 0.4) is 0 Å². The first-order chi connectivity index (χ1) is 14.8. The van der Waals surface area contributed by atoms with Gasteiger partial charge in [-0.25, -0.2) is 0 Å². The van der Waals surface area contributed by atoms with Gasteiger partial charge in [-0.2, -0.15) is 0 Å². The van der Waals surface area contributed by atoms with Crippen LogP contribution in [0.2, 0.25) is 10.0 Å². The summed E-state index contributed by atoms with van der Waals surface area (Å²) < 4.78 is 5.96. The summed E-state index contributed by atoms with van der Waals surface area (Å²) in [6, 6.07) is 17.9. The number of aromatic hydroxyl groups is 1. The summed E-state index contributed by atoms with van der Waals surface area (Å²) in [5.41, 5.74) is 1.72. The minimum atomic E-state index is -0.450. The van der Waals surface area contributed by atoms with Crippen LogP contribution >= 0.6 is 23.2 Å². The molecule has 0 atom stereocenters. The highest BCUT2D eigenvalue weighted by Gasteiger charge is 2.17. The Balaban J connectivity index is 1.70. The highest BCUT2D eigenvalue weighted by molar-refractivity contribution is 6.39. The third-order valence-corrected chi connectivity index (χ3v) is 5.30. The molecule has 158 valence electrons. The molecular formula is C24H20Cl2N2O3. The predicted molar refractivity (Wildman–Crippen MR) is 126 cm³/mol. The molecule has 0 saturated heterocycles. The summed E-state index contributed by atoms with van der Waals surface area (Å²) in [6.07, 6.45) is 0. The van der Waals surface area contributed by atoms with Crippen molar-refractivity contribution >= 4 is 34.1 Å². The van der Waals surface area contributed by atoms with Gasteiger partial charge in [0.1, 0.15) is 17.2 Å². The van der Waals surface area contributed by atoms with Crippen molar-refractivity contribution in [3.8, 4) is 28.4 Å². The highest BCUT2D eigenvalue weighted by Crippen LogP contribution is 2.38. The van der Waals surface area contributed by atoms with Gasteiger partial charge >= 0.3 is 0 Å². The molecule has 0 amide bonds. The normalized spacial score (nSPS) is 11.3. The summed E-state index contributed by atoms with van der Waals surface area (Å²) in [5, 5.41) is 11.8. The number of nitrogens with zero attached hydrogens (tertiary/aromatic N) is 1. The molecule has 0 unspecified atom stereocenters. The molecule has 0 aliphatic rings. The molecule has 0 bridgehead atoms. The molecule has 0 spiro atoms. The van der Waals surface area contributed by atoms with Crippen molar-refractivity contribution in [1.82, 2.24) is 9.88 Å². The van der Waals surface area contributed by atoms with Crippen molar-refractivity contribution in [2.24, 2.45) is 0 Å². The van der Waals surface area contributed by atoms with Gasteiger partial charge in [-0.15, -0.1) is 0 Å². The minimum Gasteiger partial charge on any atom is -0.506 e. The van der Waals surface area contributed by atoms with Crippen molar-refractivity contribution in [3.05, 3.63) is 86.6 Å². The number of ether oxygens (including phenoxy) is 1. The molecule has 0 saturated carbocycles. The van der Waals surface area contributed by atoms with Crippen molar-refractivity contribution < 1.29 is 9.84 Å². The van der Waals surface area contributed by atoms with Gasteiger partial charge in [0.2, 0.25) is 0 Å². The lowest BCUT2D eigenvalue weighted by Crippen LogP contribution is -2.10. The van der Waals surface area contributed by atoms with Gasteiger partial charge in [0, 0.05) is 11.6 Å². The summed E-state index contributed by atoms with van der Waals surface area (Å²) in [5.74, 6) is 1.01. The van der Waals surface area contributed by atoms with Gasteiger partial charge in [-0.1, -0.05) is 47.5 Å². The molecule has 5 nitrogen and oxygen atoms in total. The number of hydrogen-bond donors (Lipinski definition) is 2. The second-order valence-corrected chi connectivity index (χ2v) is 8.34. The number of pyridine rings is 1. The van der Waals surface area contributed by atoms with Gasteiger partial charge < -0.3 is 19.7 Å². The van der Waals surface area contributed by atoms with E-state index in [4.69, 9.17) is 27.9 Å². The highest BCUT2D eigenvalue weighted by atomic mass is 35.5. The van der Waals surface area contributed by atoms with Crippen LogP contribution in [0, 0.1) is 0 Å². The third kappa shape index (κ3) is 4.54. The molecule has 0 fully saturated rings. The molecule has 3 aromatic carbocycles. The van der Waals surface area contributed by atoms with E-state index in [-0.39, 0.29) is 16.3 Å². The van der Waals surface area contributed by atoms with Crippen LogP contribution in [0.1, 0.15) is 5.56 Å².